The summed E-state index contributed by atoms with van der Waals surface area (Å²) in [6.07, 6.45) is 1.28. The normalized spacial score (nSPS) is 10.4. The van der Waals surface area contributed by atoms with E-state index in [1.54, 1.807) is 6.07 Å². The molecule has 0 saturated carbocycles. The van der Waals surface area contributed by atoms with Crippen molar-refractivity contribution >= 4 is 21.9 Å². The predicted octanol–water partition coefficient (Wildman–Crippen LogP) is 1.96. The number of ether oxygens (including phenoxy) is 1. The first-order valence-electron chi connectivity index (χ1n) is 5.27. The molecule has 1 aromatic heterocycles. The molecular weight excluding hydrogens is 321 g/mol. The molecule has 19 heavy (non-hydrogen) atoms. The Morgan fingerprint density at radius 1 is 1.53 bits per heavy atom. The van der Waals surface area contributed by atoms with Crippen LogP contribution in [0.15, 0.2) is 28.9 Å². The molecule has 2 rings (SSSR count). The van der Waals surface area contributed by atoms with Crippen LogP contribution in [0.1, 0.15) is 10.5 Å². The minimum absolute atomic E-state index is 0.118. The molecule has 0 aliphatic heterocycles. The van der Waals surface area contributed by atoms with Crippen molar-refractivity contribution in [1.29, 1.82) is 0 Å². The minimum atomic E-state index is -1.15. The lowest BCUT2D eigenvalue weighted by atomic mass is 10.3. The summed E-state index contributed by atoms with van der Waals surface area (Å²) in [6, 6.07) is 4.37. The Bertz CT molecular complexity index is 603. The largest absolute Gasteiger partial charge is 0.489 e. The van der Waals surface area contributed by atoms with Gasteiger partial charge in [-0.25, -0.2) is 13.9 Å². The van der Waals surface area contributed by atoms with Crippen molar-refractivity contribution in [2.75, 3.05) is 6.61 Å². The summed E-state index contributed by atoms with van der Waals surface area (Å²) in [6.45, 7) is 0.419. The molecule has 0 unspecified atom stereocenters. The van der Waals surface area contributed by atoms with Gasteiger partial charge in [-0.05, 0) is 18.2 Å². The van der Waals surface area contributed by atoms with Gasteiger partial charge in [0.25, 0.3) is 0 Å². The van der Waals surface area contributed by atoms with Crippen molar-refractivity contribution < 1.29 is 19.0 Å². The fraction of sp³-hybridized carbons (Fsp3) is 0.182. The van der Waals surface area contributed by atoms with Gasteiger partial charge in [0.15, 0.2) is 17.3 Å². The SMILES string of the molecule is O=C(O)c1cn(CCOc2cc(Br)ccc2F)nn1. The summed E-state index contributed by atoms with van der Waals surface area (Å²) in [5.41, 5.74) is -0.145. The lowest BCUT2D eigenvalue weighted by Crippen LogP contribution is -2.09. The molecule has 8 heteroatoms. The summed E-state index contributed by atoms with van der Waals surface area (Å²) < 4.78 is 20.6. The average molecular weight is 330 g/mol. The number of nitrogens with zero attached hydrogens (tertiary/aromatic N) is 3. The van der Waals surface area contributed by atoms with Crippen LogP contribution in [0.25, 0.3) is 0 Å². The van der Waals surface area contributed by atoms with Crippen LogP contribution < -0.4 is 4.74 Å². The molecular formula is C11H9BrFN3O3. The first-order chi connectivity index (χ1) is 9.06. The van der Waals surface area contributed by atoms with E-state index in [1.807, 2.05) is 0 Å². The lowest BCUT2D eigenvalue weighted by Gasteiger charge is -2.07. The van der Waals surface area contributed by atoms with Crippen LogP contribution in [-0.4, -0.2) is 32.7 Å². The molecule has 0 amide bonds. The van der Waals surface area contributed by atoms with Crippen LogP contribution in [0.3, 0.4) is 0 Å². The van der Waals surface area contributed by atoms with Crippen LogP contribution in [0.5, 0.6) is 5.75 Å². The van der Waals surface area contributed by atoms with Crippen LogP contribution in [0.4, 0.5) is 4.39 Å². The third-order valence-corrected chi connectivity index (χ3v) is 2.72. The Morgan fingerprint density at radius 3 is 3.00 bits per heavy atom. The quantitative estimate of drug-likeness (QED) is 0.907. The van der Waals surface area contributed by atoms with Gasteiger partial charge in [-0.15, -0.1) is 5.10 Å². The molecule has 0 bridgehead atoms. The van der Waals surface area contributed by atoms with Crippen molar-refractivity contribution in [1.82, 2.24) is 15.0 Å². The second-order valence-corrected chi connectivity index (χ2v) is 4.51. The number of aromatic carboxylic acids is 1. The van der Waals surface area contributed by atoms with Gasteiger partial charge >= 0.3 is 5.97 Å². The summed E-state index contributed by atoms with van der Waals surface area (Å²) >= 11 is 3.21. The third-order valence-electron chi connectivity index (χ3n) is 2.23. The Hall–Kier alpha value is -1.96. The molecule has 0 aliphatic rings. The first-order valence-corrected chi connectivity index (χ1v) is 6.07. The summed E-state index contributed by atoms with van der Waals surface area (Å²) in [5, 5.41) is 15.7. The zero-order chi connectivity index (χ0) is 13.8. The summed E-state index contributed by atoms with van der Waals surface area (Å²) in [5.74, 6) is -1.49. The fourth-order valence-electron chi connectivity index (χ4n) is 1.34. The third kappa shape index (κ3) is 3.50. The molecule has 1 N–H and O–H groups in total. The van der Waals surface area contributed by atoms with E-state index in [9.17, 15) is 9.18 Å². The Kier molecular flexibility index (Phi) is 4.10. The summed E-state index contributed by atoms with van der Waals surface area (Å²) in [7, 11) is 0. The number of halogens is 2. The number of carboxylic acids is 1. The highest BCUT2D eigenvalue weighted by Crippen LogP contribution is 2.22. The van der Waals surface area contributed by atoms with Crippen molar-refractivity contribution in [3.63, 3.8) is 0 Å². The van der Waals surface area contributed by atoms with E-state index in [0.717, 1.165) is 0 Å². The van der Waals surface area contributed by atoms with E-state index < -0.39 is 11.8 Å². The number of carboxylic acid groups (broad SMARTS) is 1. The Labute approximate surface area is 115 Å². The zero-order valence-electron chi connectivity index (χ0n) is 9.58. The van der Waals surface area contributed by atoms with Crippen molar-refractivity contribution in [3.05, 3.63) is 40.4 Å². The van der Waals surface area contributed by atoms with Gasteiger partial charge in [-0.2, -0.15) is 0 Å². The van der Waals surface area contributed by atoms with E-state index in [4.69, 9.17) is 9.84 Å². The van der Waals surface area contributed by atoms with Gasteiger partial charge in [0.05, 0.1) is 12.7 Å². The van der Waals surface area contributed by atoms with Crippen molar-refractivity contribution in [2.45, 2.75) is 6.54 Å². The second kappa shape index (κ2) is 5.79. The van der Waals surface area contributed by atoms with Gasteiger partial charge in [-0.1, -0.05) is 21.1 Å². The summed E-state index contributed by atoms with van der Waals surface area (Å²) in [4.78, 5) is 10.6. The van der Waals surface area contributed by atoms with Gasteiger partial charge in [0.2, 0.25) is 0 Å². The lowest BCUT2D eigenvalue weighted by molar-refractivity contribution is 0.0690. The van der Waals surface area contributed by atoms with E-state index in [0.29, 0.717) is 4.47 Å². The Balaban J connectivity index is 1.92. The highest BCUT2D eigenvalue weighted by Gasteiger charge is 2.08. The van der Waals surface area contributed by atoms with E-state index >= 15 is 0 Å². The number of hydrogen-bond acceptors (Lipinski definition) is 4. The smallest absolute Gasteiger partial charge is 0.358 e. The number of aromatic nitrogens is 3. The van der Waals surface area contributed by atoms with Crippen LogP contribution in [0.2, 0.25) is 0 Å². The molecule has 0 aliphatic carbocycles. The number of benzene rings is 1. The average Bonchev–Trinajstić information content (AvgIpc) is 2.82. The molecule has 2 aromatic rings. The van der Waals surface area contributed by atoms with E-state index in [1.165, 1.54) is 23.0 Å². The molecule has 6 nitrogen and oxygen atoms in total. The molecule has 0 radical (unpaired) electrons. The molecule has 0 fully saturated rings. The molecule has 1 aromatic carbocycles. The standard InChI is InChI=1S/C11H9BrFN3O3/c12-7-1-2-8(13)10(5-7)19-4-3-16-6-9(11(17)18)14-15-16/h1-2,5-6H,3-4H2,(H,17,18). The molecule has 1 heterocycles. The van der Waals surface area contributed by atoms with E-state index in [2.05, 4.69) is 26.2 Å². The maximum Gasteiger partial charge on any atom is 0.358 e. The fourth-order valence-corrected chi connectivity index (χ4v) is 1.68. The van der Waals surface area contributed by atoms with Crippen molar-refractivity contribution in [2.24, 2.45) is 0 Å². The van der Waals surface area contributed by atoms with Gasteiger partial charge in [0, 0.05) is 4.47 Å². The number of carbonyl (C=O) groups is 1. The molecule has 0 saturated heterocycles. The molecule has 0 atom stereocenters. The van der Waals surface area contributed by atoms with Crippen molar-refractivity contribution in [3.8, 4) is 5.75 Å². The van der Waals surface area contributed by atoms with Crippen LogP contribution in [-0.2, 0) is 6.54 Å². The molecule has 0 spiro atoms. The maximum atomic E-state index is 13.3. The number of hydrogen-bond donors (Lipinski definition) is 1. The minimum Gasteiger partial charge on any atom is -0.489 e. The maximum absolute atomic E-state index is 13.3. The first kappa shape index (κ1) is 13.5. The van der Waals surface area contributed by atoms with Gasteiger partial charge in [0.1, 0.15) is 6.61 Å². The Morgan fingerprint density at radius 2 is 2.32 bits per heavy atom. The number of rotatable bonds is 5. The van der Waals surface area contributed by atoms with Crippen LogP contribution >= 0.6 is 15.9 Å². The predicted molar refractivity (Wildman–Crippen MR) is 66.6 cm³/mol. The van der Waals surface area contributed by atoms with Gasteiger partial charge < -0.3 is 9.84 Å². The second-order valence-electron chi connectivity index (χ2n) is 3.60. The topological polar surface area (TPSA) is 77.2 Å². The zero-order valence-corrected chi connectivity index (χ0v) is 11.2. The highest BCUT2D eigenvalue weighted by atomic mass is 79.9. The van der Waals surface area contributed by atoms with E-state index in [-0.39, 0.29) is 24.6 Å². The molecule has 100 valence electrons. The highest BCUT2D eigenvalue weighted by molar-refractivity contribution is 9.10. The van der Waals surface area contributed by atoms with Crippen LogP contribution in [0, 0.1) is 5.82 Å². The monoisotopic (exact) mass is 329 g/mol. The van der Waals surface area contributed by atoms with Gasteiger partial charge in [-0.3, -0.25) is 0 Å².